The van der Waals surface area contributed by atoms with Crippen molar-refractivity contribution >= 4 is 57.2 Å². The Morgan fingerprint density at radius 3 is 1.55 bits per heavy atom. The molecule has 2 aliphatic rings. The summed E-state index contributed by atoms with van der Waals surface area (Å²) in [5, 5.41) is 0. The number of nitrogens with zero attached hydrogens (tertiary/aromatic N) is 2. The lowest BCUT2D eigenvalue weighted by Crippen LogP contribution is -2.61. The second-order valence-corrected chi connectivity index (χ2v) is 17.0. The number of rotatable bonds is 2. The molecule has 2 heterocycles. The summed E-state index contributed by atoms with van der Waals surface area (Å²) in [6.07, 6.45) is 0. The smallest absolute Gasteiger partial charge is 0.252 e. The molecule has 2 aliphatic heterocycles. The second-order valence-electron chi connectivity index (χ2n) is 17.0. The van der Waals surface area contributed by atoms with Gasteiger partial charge >= 0.3 is 0 Å². The van der Waals surface area contributed by atoms with Crippen LogP contribution in [0.2, 0.25) is 0 Å². The molecule has 0 radical (unpaired) electrons. The third-order valence-electron chi connectivity index (χ3n) is 10.2. The molecule has 0 spiro atoms. The van der Waals surface area contributed by atoms with Crippen LogP contribution in [0.25, 0.3) is 0 Å². The number of hydrogen-bond donors (Lipinski definition) is 0. The van der Waals surface area contributed by atoms with E-state index >= 15 is 0 Å². The minimum absolute atomic E-state index is 0.0113. The molecule has 0 atom stereocenters. The maximum Gasteiger partial charge on any atom is 0.252 e. The predicted octanol–water partition coefficient (Wildman–Crippen LogP) is 10.3. The fourth-order valence-corrected chi connectivity index (χ4v) is 7.42. The molecule has 0 fully saturated rings. The first kappa shape index (κ1) is 31.4. The van der Waals surface area contributed by atoms with Gasteiger partial charge in [0, 0.05) is 34.1 Å². The van der Waals surface area contributed by atoms with Crippen molar-refractivity contribution in [3.05, 3.63) is 125 Å². The molecular formula is C44H49BN2. The van der Waals surface area contributed by atoms with E-state index in [0.29, 0.717) is 0 Å². The van der Waals surface area contributed by atoms with Crippen molar-refractivity contribution < 1.29 is 0 Å². The Balaban J connectivity index is 1.63. The lowest BCUT2D eigenvalue weighted by atomic mass is 9.33. The summed E-state index contributed by atoms with van der Waals surface area (Å²) in [6.45, 7) is 25.6. The zero-order chi connectivity index (χ0) is 33.6. The summed E-state index contributed by atoms with van der Waals surface area (Å²) in [5.74, 6) is 0. The maximum atomic E-state index is 2.60. The topological polar surface area (TPSA) is 6.48 Å². The van der Waals surface area contributed by atoms with Crippen molar-refractivity contribution in [2.45, 2.75) is 92.4 Å². The molecule has 2 nitrogen and oxygen atoms in total. The molecule has 0 bridgehead atoms. The number of para-hydroxylation sites is 1. The molecule has 0 saturated carbocycles. The second kappa shape index (κ2) is 10.6. The van der Waals surface area contributed by atoms with Gasteiger partial charge in [0.2, 0.25) is 0 Å². The van der Waals surface area contributed by atoms with Crippen LogP contribution in [0, 0.1) is 13.8 Å². The average molecular weight is 617 g/mol. The summed E-state index contributed by atoms with van der Waals surface area (Å²) in [5.41, 5.74) is 18.2. The van der Waals surface area contributed by atoms with Crippen molar-refractivity contribution in [2.24, 2.45) is 0 Å². The van der Waals surface area contributed by atoms with Gasteiger partial charge in [-0.05, 0) is 123 Å². The van der Waals surface area contributed by atoms with Crippen LogP contribution in [0.5, 0.6) is 0 Å². The van der Waals surface area contributed by atoms with Crippen molar-refractivity contribution in [2.75, 3.05) is 9.80 Å². The Morgan fingerprint density at radius 1 is 0.426 bits per heavy atom. The Labute approximate surface area is 283 Å². The van der Waals surface area contributed by atoms with Crippen molar-refractivity contribution in [3.63, 3.8) is 0 Å². The quantitative estimate of drug-likeness (QED) is 0.178. The minimum Gasteiger partial charge on any atom is -0.311 e. The Morgan fingerprint density at radius 2 is 0.957 bits per heavy atom. The highest BCUT2D eigenvalue weighted by molar-refractivity contribution is 7.00. The fraction of sp³-hybridized carbons (Fsp3) is 0.318. The highest BCUT2D eigenvalue weighted by Crippen LogP contribution is 2.47. The molecule has 0 saturated heterocycles. The van der Waals surface area contributed by atoms with E-state index in [-0.39, 0.29) is 23.0 Å². The fourth-order valence-electron chi connectivity index (χ4n) is 7.42. The van der Waals surface area contributed by atoms with Crippen LogP contribution in [0.4, 0.5) is 34.1 Å². The number of aryl methyl sites for hydroxylation is 2. The van der Waals surface area contributed by atoms with Gasteiger partial charge < -0.3 is 9.80 Å². The van der Waals surface area contributed by atoms with Crippen molar-refractivity contribution in [1.82, 2.24) is 0 Å². The average Bonchev–Trinajstić information content (AvgIpc) is 2.99. The Hall–Kier alpha value is -4.24. The van der Waals surface area contributed by atoms with E-state index < -0.39 is 0 Å². The summed E-state index contributed by atoms with van der Waals surface area (Å²) in [6, 6.07) is 37.5. The van der Waals surface area contributed by atoms with Gasteiger partial charge in [0.15, 0.2) is 0 Å². The molecule has 5 aromatic rings. The van der Waals surface area contributed by atoms with Crippen LogP contribution in [0.15, 0.2) is 97.1 Å². The van der Waals surface area contributed by atoms with E-state index in [0.717, 1.165) is 0 Å². The zero-order valence-electron chi connectivity index (χ0n) is 30.2. The molecule has 238 valence electrons. The van der Waals surface area contributed by atoms with Gasteiger partial charge in [-0.2, -0.15) is 0 Å². The van der Waals surface area contributed by atoms with E-state index in [1.807, 2.05) is 0 Å². The van der Waals surface area contributed by atoms with Crippen LogP contribution >= 0.6 is 0 Å². The van der Waals surface area contributed by atoms with Crippen LogP contribution in [0.3, 0.4) is 0 Å². The predicted molar refractivity (Wildman–Crippen MR) is 206 cm³/mol. The lowest BCUT2D eigenvalue weighted by Gasteiger charge is -2.45. The van der Waals surface area contributed by atoms with Gasteiger partial charge in [-0.15, -0.1) is 0 Å². The standard InChI is InChI=1S/C44H49BN2/c1-28-15-14-16-33(21-28)46-37-18-13-12-17-35(37)45-36-20-19-29(2)22-38(36)47(40-27-32(44(9,10)11)26-39(46)41(40)45)34-24-30(42(3,4)5)23-31(25-34)43(6,7)8/h12-27H,1-11H3. The first-order chi connectivity index (χ1) is 22.0. The lowest BCUT2D eigenvalue weighted by molar-refractivity contribution is 0.569. The molecule has 0 aliphatic carbocycles. The molecule has 0 aromatic heterocycles. The normalized spacial score (nSPS) is 14.1. The van der Waals surface area contributed by atoms with Crippen LogP contribution < -0.4 is 26.2 Å². The van der Waals surface area contributed by atoms with Gasteiger partial charge in [-0.3, -0.25) is 0 Å². The third kappa shape index (κ3) is 5.29. The van der Waals surface area contributed by atoms with Crippen molar-refractivity contribution in [1.29, 1.82) is 0 Å². The van der Waals surface area contributed by atoms with Crippen LogP contribution in [-0.2, 0) is 16.2 Å². The first-order valence-electron chi connectivity index (χ1n) is 17.2. The van der Waals surface area contributed by atoms with Gasteiger partial charge in [0.1, 0.15) is 0 Å². The highest BCUT2D eigenvalue weighted by atomic mass is 15.2. The molecular weight excluding hydrogens is 567 g/mol. The maximum absolute atomic E-state index is 2.60. The monoisotopic (exact) mass is 616 g/mol. The van der Waals surface area contributed by atoms with Crippen molar-refractivity contribution in [3.8, 4) is 0 Å². The molecule has 5 aromatic carbocycles. The molecule has 0 unspecified atom stereocenters. The highest BCUT2D eigenvalue weighted by Gasteiger charge is 2.44. The summed E-state index contributed by atoms with van der Waals surface area (Å²) >= 11 is 0. The van der Waals surface area contributed by atoms with Gasteiger partial charge in [-0.25, -0.2) is 0 Å². The Kier molecular flexibility index (Phi) is 7.10. The molecule has 7 rings (SSSR count). The Bertz CT molecular complexity index is 2000. The molecule has 0 amide bonds. The van der Waals surface area contributed by atoms with Crippen LogP contribution in [-0.4, -0.2) is 6.71 Å². The van der Waals surface area contributed by atoms with Gasteiger partial charge in [-0.1, -0.05) is 111 Å². The van der Waals surface area contributed by atoms with E-state index in [4.69, 9.17) is 0 Å². The zero-order valence-corrected chi connectivity index (χ0v) is 30.2. The largest absolute Gasteiger partial charge is 0.311 e. The number of anilines is 6. The minimum atomic E-state index is -0.0430. The van der Waals surface area contributed by atoms with Gasteiger partial charge in [0.05, 0.1) is 0 Å². The summed E-state index contributed by atoms with van der Waals surface area (Å²) in [7, 11) is 0. The van der Waals surface area contributed by atoms with Gasteiger partial charge in [0.25, 0.3) is 6.71 Å². The number of hydrogen-bond acceptors (Lipinski definition) is 2. The first-order valence-corrected chi connectivity index (χ1v) is 17.2. The van der Waals surface area contributed by atoms with E-state index in [1.54, 1.807) is 0 Å². The number of fused-ring (bicyclic) bond motifs is 4. The number of benzene rings is 5. The third-order valence-corrected chi connectivity index (χ3v) is 10.2. The summed E-state index contributed by atoms with van der Waals surface area (Å²) in [4.78, 5) is 5.12. The van der Waals surface area contributed by atoms with Crippen LogP contribution in [0.1, 0.15) is 90.1 Å². The van der Waals surface area contributed by atoms with E-state index in [1.165, 1.54) is 78.3 Å². The SMILES string of the molecule is Cc1cccc(N2c3ccccc3B3c4ccc(C)cc4N(c4cc(C(C)(C)C)cc(C(C)(C)C)c4)c4cc(C(C)(C)C)cc2c43)c1. The summed E-state index contributed by atoms with van der Waals surface area (Å²) < 4.78 is 0. The molecule has 0 N–H and O–H groups in total. The molecule has 47 heavy (non-hydrogen) atoms. The van der Waals surface area contributed by atoms with E-state index in [2.05, 4.69) is 183 Å². The van der Waals surface area contributed by atoms with E-state index in [9.17, 15) is 0 Å². The molecule has 3 heteroatoms.